The monoisotopic (exact) mass is 338 g/mol. The maximum atomic E-state index is 5.96. The maximum Gasteiger partial charge on any atom is 0.242 e. The van der Waals surface area contributed by atoms with Gasteiger partial charge in [0.15, 0.2) is 5.82 Å². The highest BCUT2D eigenvalue weighted by Gasteiger charge is 2.10. The second-order valence-electron chi connectivity index (χ2n) is 3.85. The van der Waals surface area contributed by atoms with Crippen LogP contribution in [0.4, 0.5) is 17.2 Å². The number of ether oxygens (including phenoxy) is 2. The average molecular weight is 339 g/mol. The molecule has 0 fully saturated rings. The highest BCUT2D eigenvalue weighted by molar-refractivity contribution is 9.10. The van der Waals surface area contributed by atoms with Crippen molar-refractivity contribution in [1.29, 1.82) is 0 Å². The molecule has 3 N–H and O–H groups in total. The number of methoxy groups -OCH3 is 1. The predicted octanol–water partition coefficient (Wildman–Crippen LogP) is 2.97. The van der Waals surface area contributed by atoms with Crippen LogP contribution >= 0.6 is 15.9 Å². The van der Waals surface area contributed by atoms with E-state index in [0.29, 0.717) is 29.7 Å². The van der Waals surface area contributed by atoms with E-state index in [-0.39, 0.29) is 0 Å². The summed E-state index contributed by atoms with van der Waals surface area (Å²) >= 11 is 3.40. The summed E-state index contributed by atoms with van der Waals surface area (Å²) < 4.78 is 11.4. The molecule has 7 heteroatoms. The maximum absolute atomic E-state index is 5.96. The number of halogens is 1. The van der Waals surface area contributed by atoms with Gasteiger partial charge in [0.05, 0.1) is 18.2 Å². The molecule has 0 spiro atoms. The molecule has 0 radical (unpaired) electrons. The zero-order valence-corrected chi connectivity index (χ0v) is 12.8. The molecule has 0 saturated carbocycles. The van der Waals surface area contributed by atoms with Gasteiger partial charge in [0.2, 0.25) is 5.88 Å². The van der Waals surface area contributed by atoms with Gasteiger partial charge in [-0.3, -0.25) is 0 Å². The molecule has 0 aliphatic carbocycles. The molecule has 6 nitrogen and oxygen atoms in total. The van der Waals surface area contributed by atoms with Crippen LogP contribution in [-0.2, 0) is 0 Å². The van der Waals surface area contributed by atoms with Crippen molar-refractivity contribution < 1.29 is 9.47 Å². The van der Waals surface area contributed by atoms with Crippen LogP contribution in [0.15, 0.2) is 29.0 Å². The second-order valence-corrected chi connectivity index (χ2v) is 4.70. The Kier molecular flexibility index (Phi) is 4.62. The van der Waals surface area contributed by atoms with E-state index < -0.39 is 0 Å². The van der Waals surface area contributed by atoms with Crippen LogP contribution in [-0.4, -0.2) is 23.7 Å². The molecule has 0 aliphatic heterocycles. The normalized spacial score (nSPS) is 10.2. The zero-order chi connectivity index (χ0) is 14.5. The number of nitrogens with two attached hydrogens (primary N) is 1. The van der Waals surface area contributed by atoms with Gasteiger partial charge in [0.25, 0.3) is 0 Å². The zero-order valence-electron chi connectivity index (χ0n) is 11.2. The predicted molar refractivity (Wildman–Crippen MR) is 81.6 cm³/mol. The Hall–Kier alpha value is -2.02. The Labute approximate surface area is 125 Å². The Morgan fingerprint density at radius 1 is 1.35 bits per heavy atom. The van der Waals surface area contributed by atoms with Crippen molar-refractivity contribution >= 4 is 33.1 Å². The number of nitrogen functional groups attached to an aromatic ring is 1. The molecule has 0 aliphatic rings. The summed E-state index contributed by atoms with van der Waals surface area (Å²) in [5.74, 6) is 1.58. The van der Waals surface area contributed by atoms with E-state index in [4.69, 9.17) is 15.2 Å². The number of rotatable bonds is 5. The van der Waals surface area contributed by atoms with E-state index in [1.165, 1.54) is 6.33 Å². The minimum atomic E-state index is 0.370. The van der Waals surface area contributed by atoms with Crippen LogP contribution in [0, 0.1) is 0 Å². The summed E-state index contributed by atoms with van der Waals surface area (Å²) in [4.78, 5) is 8.10. The third-order valence-corrected chi connectivity index (χ3v) is 3.20. The molecule has 106 valence electrons. The van der Waals surface area contributed by atoms with Crippen molar-refractivity contribution in [1.82, 2.24) is 9.97 Å². The summed E-state index contributed by atoms with van der Waals surface area (Å²) in [7, 11) is 1.61. The van der Waals surface area contributed by atoms with Gasteiger partial charge >= 0.3 is 0 Å². The van der Waals surface area contributed by atoms with E-state index in [0.717, 1.165) is 10.2 Å². The van der Waals surface area contributed by atoms with Crippen molar-refractivity contribution in [3.8, 4) is 11.6 Å². The molecular formula is C13H15BrN4O2. The number of hydrogen-bond acceptors (Lipinski definition) is 6. The lowest BCUT2D eigenvalue weighted by Crippen LogP contribution is -2.05. The highest BCUT2D eigenvalue weighted by atomic mass is 79.9. The van der Waals surface area contributed by atoms with E-state index >= 15 is 0 Å². The molecule has 0 bridgehead atoms. The van der Waals surface area contributed by atoms with Crippen molar-refractivity contribution in [2.45, 2.75) is 6.92 Å². The summed E-state index contributed by atoms with van der Waals surface area (Å²) in [5.41, 5.74) is 7.14. The number of hydrogen-bond donors (Lipinski definition) is 2. The molecule has 1 aromatic carbocycles. The molecule has 0 unspecified atom stereocenters. The standard InChI is InChI=1S/C13H15BrN4O2/c1-3-20-13-11(15)12(16-7-17-13)18-8-4-5-9(14)10(6-8)19-2/h4-7H,3,15H2,1-2H3,(H,16,17,18). The lowest BCUT2D eigenvalue weighted by Gasteiger charge is -2.12. The molecule has 0 amide bonds. The van der Waals surface area contributed by atoms with Gasteiger partial charge in [-0.1, -0.05) is 0 Å². The molecule has 2 aromatic rings. The van der Waals surface area contributed by atoms with Gasteiger partial charge in [-0.25, -0.2) is 4.98 Å². The third-order valence-electron chi connectivity index (χ3n) is 2.54. The summed E-state index contributed by atoms with van der Waals surface area (Å²) in [5, 5.41) is 3.12. The van der Waals surface area contributed by atoms with Gasteiger partial charge in [0.1, 0.15) is 17.8 Å². The Bertz CT molecular complexity index is 607. The van der Waals surface area contributed by atoms with Crippen molar-refractivity contribution in [3.05, 3.63) is 29.0 Å². The van der Waals surface area contributed by atoms with Crippen LogP contribution in [0.2, 0.25) is 0 Å². The molecular weight excluding hydrogens is 324 g/mol. The number of nitrogens with one attached hydrogen (secondary N) is 1. The first-order valence-electron chi connectivity index (χ1n) is 5.99. The van der Waals surface area contributed by atoms with Crippen LogP contribution in [0.5, 0.6) is 11.6 Å². The number of anilines is 3. The second kappa shape index (κ2) is 6.42. The minimum absolute atomic E-state index is 0.370. The van der Waals surface area contributed by atoms with Crippen molar-refractivity contribution in [2.24, 2.45) is 0 Å². The van der Waals surface area contributed by atoms with Gasteiger partial charge in [-0.15, -0.1) is 0 Å². The topological polar surface area (TPSA) is 82.3 Å². The van der Waals surface area contributed by atoms with Gasteiger partial charge < -0.3 is 20.5 Å². The Balaban J connectivity index is 2.28. The van der Waals surface area contributed by atoms with Crippen LogP contribution in [0.1, 0.15) is 6.92 Å². The number of aromatic nitrogens is 2. The SMILES string of the molecule is CCOc1ncnc(Nc2ccc(Br)c(OC)c2)c1N. The van der Waals surface area contributed by atoms with E-state index in [2.05, 4.69) is 31.2 Å². The van der Waals surface area contributed by atoms with Crippen LogP contribution in [0.25, 0.3) is 0 Å². The average Bonchev–Trinajstić information content (AvgIpc) is 2.45. The fourth-order valence-corrected chi connectivity index (χ4v) is 2.01. The lowest BCUT2D eigenvalue weighted by atomic mass is 10.3. The molecule has 1 heterocycles. The molecule has 1 aromatic heterocycles. The summed E-state index contributed by atoms with van der Waals surface area (Å²) in [6.07, 6.45) is 1.40. The van der Waals surface area contributed by atoms with Gasteiger partial charge in [0, 0.05) is 11.8 Å². The van der Waals surface area contributed by atoms with Crippen molar-refractivity contribution in [2.75, 3.05) is 24.8 Å². The molecule has 0 saturated heterocycles. The minimum Gasteiger partial charge on any atom is -0.495 e. The first-order chi connectivity index (χ1) is 9.65. The first-order valence-corrected chi connectivity index (χ1v) is 6.78. The van der Waals surface area contributed by atoms with Gasteiger partial charge in [-0.2, -0.15) is 4.98 Å². The molecule has 2 rings (SSSR count). The Morgan fingerprint density at radius 2 is 2.15 bits per heavy atom. The van der Waals surface area contributed by atoms with E-state index in [1.54, 1.807) is 7.11 Å². The van der Waals surface area contributed by atoms with Gasteiger partial charge in [-0.05, 0) is 35.0 Å². The molecule has 20 heavy (non-hydrogen) atoms. The summed E-state index contributed by atoms with van der Waals surface area (Å²) in [6, 6.07) is 5.60. The van der Waals surface area contributed by atoms with Crippen molar-refractivity contribution in [3.63, 3.8) is 0 Å². The quantitative estimate of drug-likeness (QED) is 0.872. The fourth-order valence-electron chi connectivity index (χ4n) is 1.61. The smallest absolute Gasteiger partial charge is 0.242 e. The number of benzene rings is 1. The fraction of sp³-hybridized carbons (Fsp3) is 0.231. The highest BCUT2D eigenvalue weighted by Crippen LogP contribution is 2.31. The largest absolute Gasteiger partial charge is 0.495 e. The van der Waals surface area contributed by atoms with E-state index in [1.807, 2.05) is 25.1 Å². The third kappa shape index (κ3) is 3.11. The Morgan fingerprint density at radius 3 is 2.85 bits per heavy atom. The number of nitrogens with zero attached hydrogens (tertiary/aromatic N) is 2. The van der Waals surface area contributed by atoms with E-state index in [9.17, 15) is 0 Å². The molecule has 0 atom stereocenters. The first kappa shape index (κ1) is 14.4. The van der Waals surface area contributed by atoms with Crippen LogP contribution < -0.4 is 20.5 Å². The summed E-state index contributed by atoms with van der Waals surface area (Å²) in [6.45, 7) is 2.36. The van der Waals surface area contributed by atoms with Crippen LogP contribution in [0.3, 0.4) is 0 Å². The lowest BCUT2D eigenvalue weighted by molar-refractivity contribution is 0.328.